The molecule has 0 bridgehead atoms. The third-order valence-corrected chi connectivity index (χ3v) is 6.92. The van der Waals surface area contributed by atoms with E-state index in [1.54, 1.807) is 0 Å². The minimum atomic E-state index is -3.77. The summed E-state index contributed by atoms with van der Waals surface area (Å²) in [6, 6.07) is 4.22. The van der Waals surface area contributed by atoms with E-state index < -0.39 is 20.0 Å². The van der Waals surface area contributed by atoms with Crippen LogP contribution >= 0.6 is 12.4 Å². The van der Waals surface area contributed by atoms with Gasteiger partial charge in [0.15, 0.2) is 0 Å². The highest BCUT2D eigenvalue weighted by atomic mass is 35.5. The molecule has 1 fully saturated rings. The Morgan fingerprint density at radius 2 is 1.96 bits per heavy atom. The molecule has 2 unspecified atom stereocenters. The molecule has 2 atom stereocenters. The minimum Gasteiger partial charge on any atom is -0.495 e. The molecule has 8 nitrogen and oxygen atoms in total. The van der Waals surface area contributed by atoms with Gasteiger partial charge in [-0.25, -0.2) is 21.6 Å². The number of anilines is 1. The number of rotatable bonds is 7. The van der Waals surface area contributed by atoms with E-state index in [0.29, 0.717) is 12.8 Å². The van der Waals surface area contributed by atoms with E-state index in [1.165, 1.54) is 32.2 Å². The van der Waals surface area contributed by atoms with Gasteiger partial charge in [0.1, 0.15) is 10.6 Å². The van der Waals surface area contributed by atoms with E-state index in [9.17, 15) is 16.8 Å². The van der Waals surface area contributed by atoms with Crippen molar-refractivity contribution in [2.75, 3.05) is 24.1 Å². The summed E-state index contributed by atoms with van der Waals surface area (Å²) in [5.41, 5.74) is 0.258. The zero-order valence-corrected chi connectivity index (χ0v) is 17.4. The van der Waals surface area contributed by atoms with Crippen LogP contribution in [0.25, 0.3) is 0 Å². The van der Waals surface area contributed by atoms with Crippen molar-refractivity contribution in [2.45, 2.75) is 43.7 Å². The Morgan fingerprint density at radius 1 is 1.27 bits per heavy atom. The van der Waals surface area contributed by atoms with Gasteiger partial charge in [-0.1, -0.05) is 0 Å². The van der Waals surface area contributed by atoms with Gasteiger partial charge in [0.2, 0.25) is 20.0 Å². The smallest absolute Gasteiger partial charge is 0.244 e. The highest BCUT2D eigenvalue weighted by Gasteiger charge is 2.27. The Kier molecular flexibility index (Phi) is 8.15. The molecule has 1 saturated heterocycles. The minimum absolute atomic E-state index is 0. The van der Waals surface area contributed by atoms with Crippen LogP contribution in [-0.4, -0.2) is 48.3 Å². The van der Waals surface area contributed by atoms with Gasteiger partial charge in [0.05, 0.1) is 18.6 Å². The fraction of sp³-hybridized carbons (Fsp3) is 0.600. The number of ether oxygens (including phenoxy) is 1. The van der Waals surface area contributed by atoms with E-state index in [4.69, 9.17) is 4.74 Å². The van der Waals surface area contributed by atoms with Crippen LogP contribution < -0.4 is 19.5 Å². The third-order valence-electron chi connectivity index (χ3n) is 4.05. The second kappa shape index (κ2) is 9.23. The van der Waals surface area contributed by atoms with Gasteiger partial charge in [0, 0.05) is 18.2 Å². The SMILES string of the molecule is CCS(=O)(=O)Nc1ccc(S(=O)(=O)NC2CCNC(C)C2)c(OC)c1.Cl. The van der Waals surface area contributed by atoms with Gasteiger partial charge >= 0.3 is 0 Å². The first-order chi connectivity index (χ1) is 11.7. The van der Waals surface area contributed by atoms with Crippen LogP contribution in [0.15, 0.2) is 23.1 Å². The summed E-state index contributed by atoms with van der Waals surface area (Å²) in [6.07, 6.45) is 1.41. The molecule has 0 amide bonds. The number of hydrogen-bond donors (Lipinski definition) is 3. The van der Waals surface area contributed by atoms with Gasteiger partial charge in [-0.15, -0.1) is 12.4 Å². The molecule has 150 valence electrons. The van der Waals surface area contributed by atoms with Crippen molar-refractivity contribution in [1.82, 2.24) is 10.0 Å². The summed E-state index contributed by atoms with van der Waals surface area (Å²) in [6.45, 7) is 4.28. The normalized spacial score (nSPS) is 20.9. The molecule has 3 N–H and O–H groups in total. The summed E-state index contributed by atoms with van der Waals surface area (Å²) in [4.78, 5) is -0.0133. The first-order valence-electron chi connectivity index (χ1n) is 8.11. The molecule has 26 heavy (non-hydrogen) atoms. The van der Waals surface area contributed by atoms with Crippen molar-refractivity contribution < 1.29 is 21.6 Å². The zero-order valence-electron chi connectivity index (χ0n) is 15.0. The van der Waals surface area contributed by atoms with Crippen LogP contribution in [0.1, 0.15) is 26.7 Å². The summed E-state index contributed by atoms with van der Waals surface area (Å²) < 4.78 is 58.9. The van der Waals surface area contributed by atoms with Crippen LogP contribution in [0.5, 0.6) is 5.75 Å². The molecule has 0 aliphatic carbocycles. The topological polar surface area (TPSA) is 114 Å². The number of hydrogen-bond acceptors (Lipinski definition) is 6. The van der Waals surface area contributed by atoms with Gasteiger partial charge in [-0.05, 0) is 45.4 Å². The Balaban J connectivity index is 0.00000338. The second-order valence-electron chi connectivity index (χ2n) is 6.07. The average molecular weight is 428 g/mol. The number of methoxy groups -OCH3 is 1. The molecular formula is C15H26ClN3O5S2. The molecule has 1 aromatic carbocycles. The Bertz CT molecular complexity index is 815. The van der Waals surface area contributed by atoms with Crippen molar-refractivity contribution in [3.8, 4) is 5.75 Å². The molecule has 0 aromatic heterocycles. The number of halogens is 1. The lowest BCUT2D eigenvalue weighted by molar-refractivity contribution is 0.360. The molecule has 2 rings (SSSR count). The monoisotopic (exact) mass is 427 g/mol. The predicted octanol–water partition coefficient (Wildman–Crippen LogP) is 1.30. The standard InChI is InChI=1S/C15H25N3O5S2.ClH/c1-4-24(19,20)17-12-5-6-15(14(10-12)23-3)25(21,22)18-13-7-8-16-11(2)9-13;/h5-6,10-11,13,16-18H,4,7-9H2,1-3H3;1H. The van der Waals surface area contributed by atoms with Gasteiger partial charge < -0.3 is 10.1 Å². The lowest BCUT2D eigenvalue weighted by Gasteiger charge is -2.28. The molecule has 11 heteroatoms. The summed E-state index contributed by atoms with van der Waals surface area (Å²) in [7, 11) is -5.88. The quantitative estimate of drug-likeness (QED) is 0.604. The van der Waals surface area contributed by atoms with Gasteiger partial charge in [0.25, 0.3) is 0 Å². The van der Waals surface area contributed by atoms with Crippen LogP contribution in [0, 0.1) is 0 Å². The largest absolute Gasteiger partial charge is 0.495 e. The van der Waals surface area contributed by atoms with Crippen molar-refractivity contribution in [3.63, 3.8) is 0 Å². The van der Waals surface area contributed by atoms with Gasteiger partial charge in [-0.3, -0.25) is 4.72 Å². The van der Waals surface area contributed by atoms with E-state index in [0.717, 1.165) is 6.54 Å². The molecule has 0 radical (unpaired) electrons. The van der Waals surface area contributed by atoms with E-state index in [-0.39, 0.29) is 46.6 Å². The maximum absolute atomic E-state index is 12.7. The first-order valence-corrected chi connectivity index (χ1v) is 11.2. The zero-order chi connectivity index (χ0) is 18.7. The maximum atomic E-state index is 12.7. The fourth-order valence-electron chi connectivity index (χ4n) is 2.73. The predicted molar refractivity (Wildman–Crippen MR) is 104 cm³/mol. The van der Waals surface area contributed by atoms with Crippen LogP contribution in [-0.2, 0) is 20.0 Å². The number of piperidine rings is 1. The fourth-order valence-corrected chi connectivity index (χ4v) is 4.79. The molecule has 1 aliphatic heterocycles. The number of sulfonamides is 2. The summed E-state index contributed by atoms with van der Waals surface area (Å²) >= 11 is 0. The molecule has 0 spiro atoms. The molecule has 1 aliphatic rings. The Hall–Kier alpha value is -1.07. The lowest BCUT2D eigenvalue weighted by Crippen LogP contribution is -2.46. The van der Waals surface area contributed by atoms with Crippen molar-refractivity contribution in [2.24, 2.45) is 0 Å². The van der Waals surface area contributed by atoms with Crippen LogP contribution in [0.4, 0.5) is 5.69 Å². The number of nitrogens with one attached hydrogen (secondary N) is 3. The Morgan fingerprint density at radius 3 is 2.54 bits per heavy atom. The summed E-state index contributed by atoms with van der Waals surface area (Å²) in [5.74, 6) is 0.0101. The first kappa shape index (κ1) is 23.0. The van der Waals surface area contributed by atoms with Crippen molar-refractivity contribution >= 4 is 38.1 Å². The van der Waals surface area contributed by atoms with Gasteiger partial charge in [-0.2, -0.15) is 0 Å². The van der Waals surface area contributed by atoms with Crippen LogP contribution in [0.3, 0.4) is 0 Å². The molecule has 1 aromatic rings. The van der Waals surface area contributed by atoms with E-state index >= 15 is 0 Å². The highest BCUT2D eigenvalue weighted by molar-refractivity contribution is 7.92. The van der Waals surface area contributed by atoms with E-state index in [1.807, 2.05) is 6.92 Å². The van der Waals surface area contributed by atoms with Crippen LogP contribution in [0.2, 0.25) is 0 Å². The summed E-state index contributed by atoms with van der Waals surface area (Å²) in [5, 5.41) is 3.27. The average Bonchev–Trinajstić information content (AvgIpc) is 2.53. The van der Waals surface area contributed by atoms with E-state index in [2.05, 4.69) is 14.8 Å². The second-order valence-corrected chi connectivity index (χ2v) is 9.76. The highest BCUT2D eigenvalue weighted by Crippen LogP contribution is 2.28. The van der Waals surface area contributed by atoms with Crippen molar-refractivity contribution in [1.29, 1.82) is 0 Å². The maximum Gasteiger partial charge on any atom is 0.244 e. The third kappa shape index (κ3) is 5.98. The molecular weight excluding hydrogens is 402 g/mol. The lowest BCUT2D eigenvalue weighted by atomic mass is 10.0. The molecule has 1 heterocycles. The van der Waals surface area contributed by atoms with Crippen molar-refractivity contribution in [3.05, 3.63) is 18.2 Å². The molecule has 0 saturated carbocycles. The Labute approximate surface area is 161 Å². The number of benzene rings is 1.